The van der Waals surface area contributed by atoms with Gasteiger partial charge in [-0.25, -0.2) is 9.59 Å². The first-order chi connectivity index (χ1) is 17.2. The monoisotopic (exact) mass is 493 g/mol. The summed E-state index contributed by atoms with van der Waals surface area (Å²) >= 11 is 0. The van der Waals surface area contributed by atoms with Gasteiger partial charge in [0.15, 0.2) is 0 Å². The molecule has 36 heavy (non-hydrogen) atoms. The van der Waals surface area contributed by atoms with Crippen LogP contribution < -0.4 is 4.90 Å². The number of rotatable bonds is 6. The van der Waals surface area contributed by atoms with Crippen molar-refractivity contribution in [2.75, 3.05) is 31.1 Å². The van der Waals surface area contributed by atoms with Crippen LogP contribution in [-0.4, -0.2) is 65.7 Å². The molecule has 0 spiro atoms. The molecule has 1 unspecified atom stereocenters. The first-order valence-corrected chi connectivity index (χ1v) is 12.5. The van der Waals surface area contributed by atoms with Gasteiger partial charge in [-0.2, -0.15) is 0 Å². The second-order valence-corrected chi connectivity index (χ2v) is 10.4. The summed E-state index contributed by atoms with van der Waals surface area (Å²) < 4.78 is 11.2. The molecule has 0 aromatic heterocycles. The van der Waals surface area contributed by atoms with E-state index >= 15 is 0 Å². The zero-order valence-corrected chi connectivity index (χ0v) is 21.3. The van der Waals surface area contributed by atoms with Gasteiger partial charge in [-0.1, -0.05) is 48.5 Å². The first kappa shape index (κ1) is 25.5. The Labute approximate surface area is 212 Å². The summed E-state index contributed by atoms with van der Waals surface area (Å²) in [6.45, 7) is 6.75. The largest absolute Gasteiger partial charge is 0.445 e. The number of para-hydroxylation sites is 1. The molecule has 2 fully saturated rings. The first-order valence-electron chi connectivity index (χ1n) is 12.5. The minimum absolute atomic E-state index is 0.00855. The standard InChI is InChI=1S/C28H35N3O5/c1-28(2,3)36-26(33)29-16-17-30(27(34)35-20-21-10-6-4-7-11-21)24(18-29)19-31(25(32)22-14-15-22)23-12-8-5-9-13-23/h4-13,22,24H,14-20H2,1-3H3. The molecule has 1 aliphatic carbocycles. The molecule has 2 aromatic carbocycles. The summed E-state index contributed by atoms with van der Waals surface area (Å²) in [4.78, 5) is 44.3. The van der Waals surface area contributed by atoms with Gasteiger partial charge in [0.05, 0.1) is 6.04 Å². The Kier molecular flexibility index (Phi) is 7.82. The molecule has 3 amide bonds. The van der Waals surface area contributed by atoms with E-state index in [9.17, 15) is 14.4 Å². The van der Waals surface area contributed by atoms with E-state index in [-0.39, 0.29) is 38.1 Å². The Morgan fingerprint density at radius 1 is 0.917 bits per heavy atom. The Morgan fingerprint density at radius 3 is 2.17 bits per heavy atom. The molecule has 0 bridgehead atoms. The van der Waals surface area contributed by atoms with Crippen molar-refractivity contribution >= 4 is 23.8 Å². The van der Waals surface area contributed by atoms with Crippen LogP contribution in [0.3, 0.4) is 0 Å². The van der Waals surface area contributed by atoms with Crippen LogP contribution in [0.15, 0.2) is 60.7 Å². The molecule has 8 heteroatoms. The fourth-order valence-corrected chi connectivity index (χ4v) is 4.24. The Balaban J connectivity index is 1.53. The normalized spacial score (nSPS) is 17.9. The van der Waals surface area contributed by atoms with Crippen LogP contribution in [0.2, 0.25) is 0 Å². The summed E-state index contributed by atoms with van der Waals surface area (Å²) in [6, 6.07) is 18.5. The van der Waals surface area contributed by atoms with Gasteiger partial charge in [-0.15, -0.1) is 0 Å². The molecule has 1 saturated carbocycles. The van der Waals surface area contributed by atoms with Crippen LogP contribution in [0.1, 0.15) is 39.2 Å². The topological polar surface area (TPSA) is 79.4 Å². The lowest BCUT2D eigenvalue weighted by Crippen LogP contribution is -2.61. The van der Waals surface area contributed by atoms with Crippen LogP contribution in [0.5, 0.6) is 0 Å². The zero-order valence-electron chi connectivity index (χ0n) is 21.3. The van der Waals surface area contributed by atoms with E-state index < -0.39 is 23.8 Å². The number of carbonyl (C=O) groups is 3. The molecule has 0 radical (unpaired) electrons. The molecule has 1 aliphatic heterocycles. The minimum Gasteiger partial charge on any atom is -0.445 e. The summed E-state index contributed by atoms with van der Waals surface area (Å²) in [5.41, 5.74) is 1.04. The lowest BCUT2D eigenvalue weighted by atomic mass is 10.1. The second kappa shape index (κ2) is 11.0. The van der Waals surface area contributed by atoms with Crippen LogP contribution in [0.25, 0.3) is 0 Å². The molecule has 1 saturated heterocycles. The predicted octanol–water partition coefficient (Wildman–Crippen LogP) is 4.69. The maximum atomic E-state index is 13.3. The van der Waals surface area contributed by atoms with E-state index in [1.165, 1.54) is 0 Å². The van der Waals surface area contributed by atoms with E-state index in [0.29, 0.717) is 6.54 Å². The van der Waals surface area contributed by atoms with Gasteiger partial charge < -0.3 is 19.3 Å². The SMILES string of the molecule is CC(C)(C)OC(=O)N1CCN(C(=O)OCc2ccccc2)C(CN(C(=O)C2CC2)c2ccccc2)C1. The van der Waals surface area contributed by atoms with Gasteiger partial charge in [-0.3, -0.25) is 9.69 Å². The number of amides is 3. The fraction of sp³-hybridized carbons (Fsp3) is 0.464. The smallest absolute Gasteiger partial charge is 0.410 e. The van der Waals surface area contributed by atoms with Crippen LogP contribution >= 0.6 is 0 Å². The van der Waals surface area contributed by atoms with Gasteiger partial charge in [0.25, 0.3) is 0 Å². The average Bonchev–Trinajstić information content (AvgIpc) is 3.71. The number of nitrogens with zero attached hydrogens (tertiary/aromatic N) is 3. The van der Waals surface area contributed by atoms with Crippen molar-refractivity contribution in [2.24, 2.45) is 5.92 Å². The number of benzene rings is 2. The summed E-state index contributed by atoms with van der Waals surface area (Å²) in [5.74, 6) is 0.0578. The van der Waals surface area contributed by atoms with E-state index in [1.807, 2.05) is 81.4 Å². The summed E-state index contributed by atoms with van der Waals surface area (Å²) in [7, 11) is 0. The summed E-state index contributed by atoms with van der Waals surface area (Å²) in [6.07, 6.45) is 0.864. The highest BCUT2D eigenvalue weighted by atomic mass is 16.6. The van der Waals surface area contributed by atoms with Gasteiger partial charge in [0.1, 0.15) is 12.2 Å². The number of hydrogen-bond acceptors (Lipinski definition) is 5. The lowest BCUT2D eigenvalue weighted by molar-refractivity contribution is -0.120. The third kappa shape index (κ3) is 6.77. The highest BCUT2D eigenvalue weighted by molar-refractivity contribution is 5.96. The number of carbonyl (C=O) groups excluding carboxylic acids is 3. The van der Waals surface area contributed by atoms with E-state index in [4.69, 9.17) is 9.47 Å². The summed E-state index contributed by atoms with van der Waals surface area (Å²) in [5, 5.41) is 0. The quantitative estimate of drug-likeness (QED) is 0.583. The van der Waals surface area contributed by atoms with Crippen molar-refractivity contribution in [1.82, 2.24) is 9.80 Å². The lowest BCUT2D eigenvalue weighted by Gasteiger charge is -2.42. The Morgan fingerprint density at radius 2 is 1.56 bits per heavy atom. The van der Waals surface area contributed by atoms with Crippen LogP contribution in [0.4, 0.5) is 15.3 Å². The molecule has 192 valence electrons. The van der Waals surface area contributed by atoms with E-state index in [1.54, 1.807) is 14.7 Å². The molecule has 0 N–H and O–H groups in total. The third-order valence-electron chi connectivity index (χ3n) is 6.23. The third-order valence-corrected chi connectivity index (χ3v) is 6.23. The van der Waals surface area contributed by atoms with Gasteiger partial charge in [0, 0.05) is 37.8 Å². The van der Waals surface area contributed by atoms with Crippen molar-refractivity contribution in [3.8, 4) is 0 Å². The zero-order chi connectivity index (χ0) is 25.7. The van der Waals surface area contributed by atoms with Crippen LogP contribution in [-0.2, 0) is 20.9 Å². The molecule has 2 aliphatic rings. The Hall–Kier alpha value is -3.55. The molecule has 2 aromatic rings. The van der Waals surface area contributed by atoms with Crippen molar-refractivity contribution in [3.63, 3.8) is 0 Å². The van der Waals surface area contributed by atoms with Crippen molar-refractivity contribution in [3.05, 3.63) is 66.2 Å². The van der Waals surface area contributed by atoms with Gasteiger partial charge in [0.2, 0.25) is 5.91 Å². The maximum Gasteiger partial charge on any atom is 0.410 e. The molecule has 1 atom stereocenters. The van der Waals surface area contributed by atoms with Crippen molar-refractivity contribution in [2.45, 2.75) is 51.9 Å². The number of hydrogen-bond donors (Lipinski definition) is 0. The average molecular weight is 494 g/mol. The van der Waals surface area contributed by atoms with Crippen molar-refractivity contribution < 1.29 is 23.9 Å². The Bertz CT molecular complexity index is 1050. The van der Waals surface area contributed by atoms with Gasteiger partial charge >= 0.3 is 12.2 Å². The number of piperazine rings is 1. The molecular formula is C28H35N3O5. The van der Waals surface area contributed by atoms with Gasteiger partial charge in [-0.05, 0) is 51.3 Å². The van der Waals surface area contributed by atoms with Crippen molar-refractivity contribution in [1.29, 1.82) is 0 Å². The predicted molar refractivity (Wildman–Crippen MR) is 136 cm³/mol. The minimum atomic E-state index is -0.629. The fourth-order valence-electron chi connectivity index (χ4n) is 4.24. The second-order valence-electron chi connectivity index (χ2n) is 10.4. The molecule has 8 nitrogen and oxygen atoms in total. The number of anilines is 1. The highest BCUT2D eigenvalue weighted by Gasteiger charge is 2.40. The van der Waals surface area contributed by atoms with Crippen LogP contribution in [0, 0.1) is 5.92 Å². The number of ether oxygens (including phenoxy) is 2. The highest BCUT2D eigenvalue weighted by Crippen LogP contribution is 2.33. The van der Waals surface area contributed by atoms with E-state index in [2.05, 4.69) is 0 Å². The molecule has 1 heterocycles. The maximum absolute atomic E-state index is 13.3. The molecular weight excluding hydrogens is 458 g/mol. The molecule has 4 rings (SSSR count). The van der Waals surface area contributed by atoms with E-state index in [0.717, 1.165) is 24.1 Å².